The van der Waals surface area contributed by atoms with Crippen LogP contribution >= 0.6 is 0 Å². The number of benzene rings is 2. The zero-order chi connectivity index (χ0) is 18.9. The highest BCUT2D eigenvalue weighted by atomic mass is 16.5. The smallest absolute Gasteiger partial charge is 0.348 e. The SMILES string of the molecule is CCOC(=O)/C(C#N)=C\c1ccc(OCc2cccc(C)c2)c(OC)c1. The molecular formula is C21H21NO4. The van der Waals surface area contributed by atoms with Gasteiger partial charge < -0.3 is 14.2 Å². The Morgan fingerprint density at radius 1 is 1.19 bits per heavy atom. The monoisotopic (exact) mass is 351 g/mol. The van der Waals surface area contributed by atoms with E-state index in [4.69, 9.17) is 19.5 Å². The van der Waals surface area contributed by atoms with Crippen LogP contribution < -0.4 is 9.47 Å². The van der Waals surface area contributed by atoms with Crippen molar-refractivity contribution in [2.24, 2.45) is 0 Å². The molecular weight excluding hydrogens is 330 g/mol. The number of carbonyl (C=O) groups is 1. The molecule has 0 unspecified atom stereocenters. The van der Waals surface area contributed by atoms with E-state index in [0.717, 1.165) is 5.56 Å². The molecule has 0 heterocycles. The normalized spacial score (nSPS) is 10.8. The molecule has 2 rings (SSSR count). The van der Waals surface area contributed by atoms with Gasteiger partial charge in [-0.05, 0) is 43.2 Å². The van der Waals surface area contributed by atoms with Crippen LogP contribution in [0.1, 0.15) is 23.6 Å². The number of methoxy groups -OCH3 is 1. The van der Waals surface area contributed by atoms with Crippen molar-refractivity contribution < 1.29 is 19.0 Å². The van der Waals surface area contributed by atoms with Gasteiger partial charge in [-0.2, -0.15) is 5.26 Å². The van der Waals surface area contributed by atoms with E-state index in [9.17, 15) is 4.79 Å². The predicted molar refractivity (Wildman–Crippen MR) is 98.7 cm³/mol. The molecule has 0 amide bonds. The molecule has 134 valence electrons. The molecule has 0 aliphatic carbocycles. The summed E-state index contributed by atoms with van der Waals surface area (Å²) in [7, 11) is 1.54. The Balaban J connectivity index is 2.18. The van der Waals surface area contributed by atoms with Crippen LogP contribution in [0.25, 0.3) is 6.08 Å². The first-order valence-electron chi connectivity index (χ1n) is 8.22. The molecule has 5 nitrogen and oxygen atoms in total. The molecule has 0 bridgehead atoms. The number of nitrogens with zero attached hydrogens (tertiary/aromatic N) is 1. The van der Waals surface area contributed by atoms with Gasteiger partial charge in [0.2, 0.25) is 0 Å². The minimum Gasteiger partial charge on any atom is -0.493 e. The number of ether oxygens (including phenoxy) is 3. The molecule has 0 saturated heterocycles. The molecule has 2 aromatic rings. The molecule has 26 heavy (non-hydrogen) atoms. The van der Waals surface area contributed by atoms with Crippen molar-refractivity contribution in [3.63, 3.8) is 0 Å². The molecule has 2 aromatic carbocycles. The largest absolute Gasteiger partial charge is 0.493 e. The van der Waals surface area contributed by atoms with Crippen LogP contribution in [0.4, 0.5) is 0 Å². The van der Waals surface area contributed by atoms with Gasteiger partial charge in [0.1, 0.15) is 18.2 Å². The Labute approximate surface area is 153 Å². The third-order valence-corrected chi connectivity index (χ3v) is 3.59. The fourth-order valence-electron chi connectivity index (χ4n) is 2.37. The fraction of sp³-hybridized carbons (Fsp3) is 0.238. The second kappa shape index (κ2) is 9.28. The summed E-state index contributed by atoms with van der Waals surface area (Å²) in [5.74, 6) is 0.460. The highest BCUT2D eigenvalue weighted by Gasteiger charge is 2.11. The molecule has 0 saturated carbocycles. The average Bonchev–Trinajstić information content (AvgIpc) is 2.65. The van der Waals surface area contributed by atoms with Gasteiger partial charge in [-0.25, -0.2) is 4.79 Å². The van der Waals surface area contributed by atoms with Crippen LogP contribution in [-0.2, 0) is 16.1 Å². The summed E-state index contributed by atoms with van der Waals surface area (Å²) in [6.45, 7) is 4.35. The van der Waals surface area contributed by atoms with Crippen LogP contribution in [0.5, 0.6) is 11.5 Å². The number of hydrogen-bond donors (Lipinski definition) is 0. The molecule has 0 fully saturated rings. The number of nitriles is 1. The molecule has 0 aliphatic rings. The Kier molecular flexibility index (Phi) is 6.81. The van der Waals surface area contributed by atoms with E-state index in [-0.39, 0.29) is 12.2 Å². The van der Waals surface area contributed by atoms with E-state index in [1.165, 1.54) is 11.6 Å². The molecule has 0 atom stereocenters. The minimum absolute atomic E-state index is 0.0673. The van der Waals surface area contributed by atoms with Crippen molar-refractivity contribution in [3.05, 3.63) is 64.7 Å². The van der Waals surface area contributed by atoms with Crippen molar-refractivity contribution in [3.8, 4) is 17.6 Å². The molecule has 0 radical (unpaired) electrons. The molecule has 0 spiro atoms. The standard InChI is InChI=1S/C21H21NO4/c1-4-25-21(23)18(13-22)11-16-8-9-19(20(12-16)24-3)26-14-17-7-5-6-15(2)10-17/h5-12H,4,14H2,1-3H3/b18-11-. The third-order valence-electron chi connectivity index (χ3n) is 3.59. The predicted octanol–water partition coefficient (Wildman–Crippen LogP) is 4.05. The highest BCUT2D eigenvalue weighted by Crippen LogP contribution is 2.29. The van der Waals surface area contributed by atoms with Gasteiger partial charge >= 0.3 is 5.97 Å². The quantitative estimate of drug-likeness (QED) is 0.427. The van der Waals surface area contributed by atoms with E-state index >= 15 is 0 Å². The van der Waals surface area contributed by atoms with Crippen molar-refractivity contribution in [2.75, 3.05) is 13.7 Å². The average molecular weight is 351 g/mol. The van der Waals surface area contributed by atoms with E-state index in [1.807, 2.05) is 31.2 Å². The highest BCUT2D eigenvalue weighted by molar-refractivity contribution is 5.97. The first-order valence-corrected chi connectivity index (χ1v) is 8.22. The number of hydrogen-bond acceptors (Lipinski definition) is 5. The minimum atomic E-state index is -0.645. The zero-order valence-corrected chi connectivity index (χ0v) is 15.1. The number of aryl methyl sites for hydroxylation is 1. The third kappa shape index (κ3) is 5.12. The zero-order valence-electron chi connectivity index (χ0n) is 15.1. The lowest BCUT2D eigenvalue weighted by Gasteiger charge is -2.12. The number of rotatable bonds is 7. The lowest BCUT2D eigenvalue weighted by atomic mass is 10.1. The Morgan fingerprint density at radius 2 is 2.00 bits per heavy atom. The van der Waals surface area contributed by atoms with Gasteiger partial charge in [-0.1, -0.05) is 35.9 Å². The van der Waals surface area contributed by atoms with Gasteiger partial charge in [0.25, 0.3) is 0 Å². The van der Waals surface area contributed by atoms with Crippen molar-refractivity contribution in [1.82, 2.24) is 0 Å². The lowest BCUT2D eigenvalue weighted by molar-refractivity contribution is -0.137. The first kappa shape index (κ1) is 19.1. The Morgan fingerprint density at radius 3 is 2.65 bits per heavy atom. The topological polar surface area (TPSA) is 68.6 Å². The molecule has 0 aliphatic heterocycles. The van der Waals surface area contributed by atoms with Gasteiger partial charge in [-0.3, -0.25) is 0 Å². The van der Waals surface area contributed by atoms with Gasteiger partial charge in [0, 0.05) is 0 Å². The summed E-state index contributed by atoms with van der Waals surface area (Å²) in [6, 6.07) is 15.1. The van der Waals surface area contributed by atoms with Crippen molar-refractivity contribution in [1.29, 1.82) is 5.26 Å². The second-order valence-corrected chi connectivity index (χ2v) is 5.58. The summed E-state index contributed by atoms with van der Waals surface area (Å²) in [6.07, 6.45) is 1.46. The maximum Gasteiger partial charge on any atom is 0.348 e. The van der Waals surface area contributed by atoms with Crippen LogP contribution in [0.3, 0.4) is 0 Å². The molecule has 5 heteroatoms. The summed E-state index contributed by atoms with van der Waals surface area (Å²) in [4.78, 5) is 11.7. The van der Waals surface area contributed by atoms with Crippen LogP contribution in [0.2, 0.25) is 0 Å². The van der Waals surface area contributed by atoms with Gasteiger partial charge in [0.05, 0.1) is 13.7 Å². The maximum atomic E-state index is 11.7. The van der Waals surface area contributed by atoms with E-state index in [1.54, 1.807) is 32.2 Å². The summed E-state index contributed by atoms with van der Waals surface area (Å²) >= 11 is 0. The van der Waals surface area contributed by atoms with Gasteiger partial charge in [0.15, 0.2) is 11.5 Å². The summed E-state index contributed by atoms with van der Waals surface area (Å²) < 4.78 is 16.1. The second-order valence-electron chi connectivity index (χ2n) is 5.58. The van der Waals surface area contributed by atoms with Crippen LogP contribution in [0.15, 0.2) is 48.0 Å². The Hall–Kier alpha value is -3.26. The van der Waals surface area contributed by atoms with E-state index in [0.29, 0.717) is 23.7 Å². The lowest BCUT2D eigenvalue weighted by Crippen LogP contribution is -2.06. The van der Waals surface area contributed by atoms with Crippen molar-refractivity contribution in [2.45, 2.75) is 20.5 Å². The fourth-order valence-corrected chi connectivity index (χ4v) is 2.37. The number of esters is 1. The molecule has 0 N–H and O–H groups in total. The first-order chi connectivity index (χ1) is 12.6. The van der Waals surface area contributed by atoms with Crippen LogP contribution in [-0.4, -0.2) is 19.7 Å². The van der Waals surface area contributed by atoms with Crippen LogP contribution in [0, 0.1) is 18.3 Å². The van der Waals surface area contributed by atoms with Gasteiger partial charge in [-0.15, -0.1) is 0 Å². The van der Waals surface area contributed by atoms with Crippen molar-refractivity contribution >= 4 is 12.0 Å². The summed E-state index contributed by atoms with van der Waals surface area (Å²) in [5, 5.41) is 9.12. The number of carbonyl (C=O) groups excluding carboxylic acids is 1. The van der Waals surface area contributed by atoms with E-state index in [2.05, 4.69) is 6.07 Å². The molecule has 0 aromatic heterocycles. The van der Waals surface area contributed by atoms with E-state index < -0.39 is 5.97 Å². The summed E-state index contributed by atoms with van der Waals surface area (Å²) in [5.41, 5.74) is 2.81. The Bertz CT molecular complexity index is 849. The maximum absolute atomic E-state index is 11.7.